The molecule has 0 bridgehead atoms. The highest BCUT2D eigenvalue weighted by Crippen LogP contribution is 2.31. The van der Waals surface area contributed by atoms with Gasteiger partial charge in [0.05, 0.1) is 26.5 Å². The molecule has 2 aromatic carbocycles. The molecule has 7 heteroatoms. The Morgan fingerprint density at radius 2 is 1.85 bits per heavy atom. The molecule has 3 N–H and O–H groups in total. The van der Waals surface area contributed by atoms with Crippen LogP contribution in [0.2, 0.25) is 5.02 Å². The van der Waals surface area contributed by atoms with Gasteiger partial charge in [0, 0.05) is 16.5 Å². The van der Waals surface area contributed by atoms with Crippen LogP contribution in [0.5, 0.6) is 11.5 Å². The summed E-state index contributed by atoms with van der Waals surface area (Å²) in [6.07, 6.45) is 0. The molecule has 2 aromatic rings. The third kappa shape index (κ3) is 5.67. The summed E-state index contributed by atoms with van der Waals surface area (Å²) in [5, 5.41) is 3.79. The van der Waals surface area contributed by atoms with Gasteiger partial charge in [-0.15, -0.1) is 24.0 Å². The Labute approximate surface area is 177 Å². The minimum atomic E-state index is -0.247. The Morgan fingerprint density at radius 3 is 2.46 bits per heavy atom. The van der Waals surface area contributed by atoms with Gasteiger partial charge in [0.25, 0.3) is 0 Å². The van der Waals surface area contributed by atoms with Gasteiger partial charge in [-0.05, 0) is 23.8 Å². The van der Waals surface area contributed by atoms with E-state index in [0.717, 1.165) is 10.6 Å². The third-order valence-corrected chi connectivity index (χ3v) is 4.25. The smallest absolute Gasteiger partial charge is 0.193 e. The summed E-state index contributed by atoms with van der Waals surface area (Å²) in [6, 6.07) is 13.2. The zero-order valence-corrected chi connectivity index (χ0v) is 18.5. The number of hydrogen-bond acceptors (Lipinski definition) is 3. The van der Waals surface area contributed by atoms with E-state index in [4.69, 9.17) is 26.8 Å². The van der Waals surface area contributed by atoms with E-state index in [1.165, 1.54) is 0 Å². The van der Waals surface area contributed by atoms with Crippen LogP contribution in [0.1, 0.15) is 19.4 Å². The Bertz CT molecular complexity index is 766. The van der Waals surface area contributed by atoms with Crippen molar-refractivity contribution in [3.8, 4) is 11.5 Å². The lowest BCUT2D eigenvalue weighted by Crippen LogP contribution is -2.28. The Balaban J connectivity index is 0.00000338. The van der Waals surface area contributed by atoms with Crippen molar-refractivity contribution in [2.75, 3.05) is 26.1 Å². The van der Waals surface area contributed by atoms with E-state index in [0.29, 0.717) is 29.7 Å². The van der Waals surface area contributed by atoms with E-state index in [1.54, 1.807) is 20.3 Å². The second-order valence-electron chi connectivity index (χ2n) is 6.26. The molecule has 0 saturated heterocycles. The number of halogens is 2. The molecule has 0 amide bonds. The first-order valence-corrected chi connectivity index (χ1v) is 8.29. The van der Waals surface area contributed by atoms with Gasteiger partial charge in [0.1, 0.15) is 11.5 Å². The lowest BCUT2D eigenvalue weighted by atomic mass is 9.85. The maximum atomic E-state index is 6.30. The van der Waals surface area contributed by atoms with Crippen molar-refractivity contribution < 1.29 is 9.47 Å². The summed E-state index contributed by atoms with van der Waals surface area (Å²) in [7, 11) is 3.20. The molecule has 0 unspecified atom stereocenters. The third-order valence-electron chi connectivity index (χ3n) is 3.92. The molecule has 0 aromatic heterocycles. The fraction of sp³-hybridized carbons (Fsp3) is 0.316. The van der Waals surface area contributed by atoms with Crippen molar-refractivity contribution in [2.45, 2.75) is 19.3 Å². The van der Waals surface area contributed by atoms with E-state index in [1.807, 2.05) is 36.4 Å². The number of nitrogens with zero attached hydrogens (tertiary/aromatic N) is 1. The van der Waals surface area contributed by atoms with Crippen LogP contribution >= 0.6 is 35.6 Å². The highest BCUT2D eigenvalue weighted by molar-refractivity contribution is 14.0. The predicted molar refractivity (Wildman–Crippen MR) is 120 cm³/mol. The van der Waals surface area contributed by atoms with Gasteiger partial charge in [-0.3, -0.25) is 4.99 Å². The first-order valence-electron chi connectivity index (χ1n) is 7.91. The molecule has 26 heavy (non-hydrogen) atoms. The van der Waals surface area contributed by atoms with Crippen molar-refractivity contribution in [3.05, 3.63) is 53.1 Å². The first kappa shape index (κ1) is 22.4. The number of ether oxygens (including phenoxy) is 2. The van der Waals surface area contributed by atoms with E-state index in [-0.39, 0.29) is 29.4 Å². The summed E-state index contributed by atoms with van der Waals surface area (Å²) in [6.45, 7) is 4.65. The summed E-state index contributed by atoms with van der Waals surface area (Å²) < 4.78 is 10.6. The Kier molecular flexibility index (Phi) is 8.49. The molecule has 0 radical (unpaired) electrons. The van der Waals surface area contributed by atoms with Crippen LogP contribution < -0.4 is 20.5 Å². The standard InChI is InChI=1S/C19H24ClN3O2.HI/c1-19(2,14-7-5-6-8-15(14)20)12-22-18(21)23-16-11-13(24-3)9-10-17(16)25-4;/h5-11H,12H2,1-4H3,(H3,21,22,23);1H. The average Bonchev–Trinajstić information content (AvgIpc) is 2.60. The van der Waals surface area contributed by atoms with Gasteiger partial charge < -0.3 is 20.5 Å². The second-order valence-corrected chi connectivity index (χ2v) is 6.66. The molecule has 0 atom stereocenters. The molecular formula is C19H25ClIN3O2. The van der Waals surface area contributed by atoms with E-state index >= 15 is 0 Å². The summed E-state index contributed by atoms with van der Waals surface area (Å²) in [4.78, 5) is 4.47. The normalized spacial score (nSPS) is 11.5. The number of anilines is 1. The maximum Gasteiger partial charge on any atom is 0.193 e. The lowest BCUT2D eigenvalue weighted by Gasteiger charge is -2.24. The monoisotopic (exact) mass is 489 g/mol. The largest absolute Gasteiger partial charge is 0.497 e. The van der Waals surface area contributed by atoms with Crippen LogP contribution in [0, 0.1) is 0 Å². The van der Waals surface area contributed by atoms with Crippen molar-refractivity contribution in [3.63, 3.8) is 0 Å². The lowest BCUT2D eigenvalue weighted by molar-refractivity contribution is 0.405. The summed E-state index contributed by atoms with van der Waals surface area (Å²) >= 11 is 6.30. The molecule has 0 aliphatic heterocycles. The number of nitrogens with one attached hydrogen (secondary N) is 1. The minimum Gasteiger partial charge on any atom is -0.497 e. The molecular weight excluding hydrogens is 465 g/mol. The topological polar surface area (TPSA) is 68.9 Å². The van der Waals surface area contributed by atoms with Crippen LogP contribution in [0.3, 0.4) is 0 Å². The van der Waals surface area contributed by atoms with Crippen LogP contribution in [-0.2, 0) is 5.41 Å². The van der Waals surface area contributed by atoms with E-state index in [2.05, 4.69) is 24.2 Å². The summed E-state index contributed by atoms with van der Waals surface area (Å²) in [5.74, 6) is 1.66. The second kappa shape index (κ2) is 9.87. The van der Waals surface area contributed by atoms with Crippen molar-refractivity contribution >= 4 is 47.2 Å². The quantitative estimate of drug-likeness (QED) is 0.351. The van der Waals surface area contributed by atoms with Crippen LogP contribution in [0.4, 0.5) is 5.69 Å². The fourth-order valence-corrected chi connectivity index (χ4v) is 2.86. The number of aliphatic imine (C=N–C) groups is 1. The molecule has 0 saturated carbocycles. The van der Waals surface area contributed by atoms with Gasteiger partial charge in [0.2, 0.25) is 0 Å². The molecule has 0 heterocycles. The summed E-state index contributed by atoms with van der Waals surface area (Å²) in [5.41, 5.74) is 7.53. The van der Waals surface area contributed by atoms with Crippen molar-refractivity contribution in [1.82, 2.24) is 0 Å². The number of rotatable bonds is 6. The number of hydrogen-bond donors (Lipinski definition) is 2. The molecule has 0 spiro atoms. The molecule has 0 aliphatic carbocycles. The van der Waals surface area contributed by atoms with Crippen molar-refractivity contribution in [1.29, 1.82) is 0 Å². The zero-order chi connectivity index (χ0) is 18.4. The number of methoxy groups -OCH3 is 2. The van der Waals surface area contributed by atoms with Gasteiger partial charge in [-0.25, -0.2) is 0 Å². The van der Waals surface area contributed by atoms with E-state index in [9.17, 15) is 0 Å². The minimum absolute atomic E-state index is 0. The SMILES string of the molecule is COc1ccc(OC)c(NC(N)=NCC(C)(C)c2ccccc2Cl)c1.I. The molecule has 142 valence electrons. The molecule has 5 nitrogen and oxygen atoms in total. The van der Waals surface area contributed by atoms with Gasteiger partial charge >= 0.3 is 0 Å². The van der Waals surface area contributed by atoms with E-state index < -0.39 is 0 Å². The predicted octanol–water partition coefficient (Wildman–Crippen LogP) is 4.68. The average molecular weight is 490 g/mol. The maximum absolute atomic E-state index is 6.30. The number of benzene rings is 2. The number of nitrogens with two attached hydrogens (primary N) is 1. The Hall–Kier alpha value is -1.67. The van der Waals surface area contributed by atoms with Crippen molar-refractivity contribution in [2.24, 2.45) is 10.7 Å². The Morgan fingerprint density at radius 1 is 1.15 bits per heavy atom. The molecule has 2 rings (SSSR count). The van der Waals surface area contributed by atoms with Crippen LogP contribution in [0.15, 0.2) is 47.5 Å². The number of guanidine groups is 1. The first-order chi connectivity index (χ1) is 11.9. The highest BCUT2D eigenvalue weighted by atomic mass is 127. The molecule has 0 fully saturated rings. The fourth-order valence-electron chi connectivity index (χ4n) is 2.47. The van der Waals surface area contributed by atoms with Gasteiger partial charge in [-0.1, -0.05) is 43.6 Å². The van der Waals surface area contributed by atoms with Gasteiger partial charge in [0.15, 0.2) is 5.96 Å². The van der Waals surface area contributed by atoms with Gasteiger partial charge in [-0.2, -0.15) is 0 Å². The van der Waals surface area contributed by atoms with Crippen LogP contribution in [0.25, 0.3) is 0 Å². The van der Waals surface area contributed by atoms with Crippen LogP contribution in [-0.4, -0.2) is 26.7 Å². The molecule has 0 aliphatic rings. The highest BCUT2D eigenvalue weighted by Gasteiger charge is 2.22. The zero-order valence-electron chi connectivity index (χ0n) is 15.4.